The molecule has 3 aromatic rings. The van der Waals surface area contributed by atoms with Crippen molar-refractivity contribution in [3.63, 3.8) is 0 Å². The lowest BCUT2D eigenvalue weighted by Crippen LogP contribution is -2.35. The van der Waals surface area contributed by atoms with Gasteiger partial charge in [-0.05, 0) is 36.2 Å². The molecule has 8 heteroatoms. The number of carbonyl (C=O) groups is 1. The number of nitrogens with zero attached hydrogens (tertiary/aromatic N) is 4. The maximum absolute atomic E-state index is 12.5. The third-order valence-electron chi connectivity index (χ3n) is 4.52. The number of amides is 1. The van der Waals surface area contributed by atoms with Gasteiger partial charge in [-0.15, -0.1) is 0 Å². The number of hydrogen-bond donors (Lipinski definition) is 0. The minimum absolute atomic E-state index is 0.0532. The predicted molar refractivity (Wildman–Crippen MR) is 106 cm³/mol. The quantitative estimate of drug-likeness (QED) is 0.665. The van der Waals surface area contributed by atoms with Crippen LogP contribution in [-0.4, -0.2) is 46.3 Å². The van der Waals surface area contributed by atoms with E-state index in [2.05, 4.69) is 9.27 Å². The minimum atomic E-state index is -0.0532. The molecular weight excluding hydrogens is 384 g/mol. The molecule has 0 atom stereocenters. The van der Waals surface area contributed by atoms with E-state index in [9.17, 15) is 4.79 Å². The number of aromatic nitrogens is 2. The summed E-state index contributed by atoms with van der Waals surface area (Å²) in [6.45, 7) is 2.96. The molecule has 0 saturated carbocycles. The molecule has 0 N–H and O–H groups in total. The zero-order chi connectivity index (χ0) is 18.6. The van der Waals surface area contributed by atoms with Crippen LogP contribution in [0.1, 0.15) is 28.4 Å². The van der Waals surface area contributed by atoms with Crippen LogP contribution in [-0.2, 0) is 6.42 Å². The number of benzene rings is 1. The van der Waals surface area contributed by atoms with E-state index >= 15 is 0 Å². The van der Waals surface area contributed by atoms with Crippen molar-refractivity contribution in [3.05, 3.63) is 64.8 Å². The Kier molecular flexibility index (Phi) is 5.40. The molecule has 1 amide bonds. The second-order valence-electron chi connectivity index (χ2n) is 6.41. The molecule has 0 aliphatic carbocycles. The summed E-state index contributed by atoms with van der Waals surface area (Å²) in [5.74, 6) is 1.15. The first-order valence-corrected chi connectivity index (χ1v) is 9.99. The van der Waals surface area contributed by atoms with E-state index in [1.54, 1.807) is 12.1 Å². The molecule has 0 spiro atoms. The van der Waals surface area contributed by atoms with Crippen molar-refractivity contribution >= 4 is 34.2 Å². The average Bonchev–Trinajstić information content (AvgIpc) is 3.31. The van der Waals surface area contributed by atoms with Gasteiger partial charge in [-0.1, -0.05) is 23.7 Å². The van der Waals surface area contributed by atoms with Gasteiger partial charge in [0, 0.05) is 49.2 Å². The second kappa shape index (κ2) is 8.10. The molecule has 0 bridgehead atoms. The van der Waals surface area contributed by atoms with Gasteiger partial charge >= 0.3 is 0 Å². The monoisotopic (exact) mass is 402 g/mol. The van der Waals surface area contributed by atoms with Crippen molar-refractivity contribution in [2.45, 2.75) is 12.8 Å². The van der Waals surface area contributed by atoms with Crippen LogP contribution in [0.3, 0.4) is 0 Å². The molecule has 4 rings (SSSR count). The summed E-state index contributed by atoms with van der Waals surface area (Å²) < 4.78 is 9.73. The standard InChI is InChI=1S/C19H19ClN4O2S/c20-15-6-4-14(5-7-15)13-17-21-19(27-22-17)24-9-2-8-23(10-11-24)18(25)16-3-1-12-26-16/h1,3-7,12H,2,8-11,13H2. The molecule has 2 aromatic heterocycles. The van der Waals surface area contributed by atoms with Crippen molar-refractivity contribution in [1.82, 2.24) is 14.3 Å². The Morgan fingerprint density at radius 2 is 2.00 bits per heavy atom. The largest absolute Gasteiger partial charge is 0.459 e. The van der Waals surface area contributed by atoms with Crippen molar-refractivity contribution in [2.75, 3.05) is 31.1 Å². The Balaban J connectivity index is 1.39. The number of hydrogen-bond acceptors (Lipinski definition) is 6. The molecular formula is C19H19ClN4O2S. The van der Waals surface area contributed by atoms with Crippen LogP contribution in [0.4, 0.5) is 5.13 Å². The van der Waals surface area contributed by atoms with Gasteiger partial charge in [-0.2, -0.15) is 4.37 Å². The normalized spacial score (nSPS) is 15.0. The van der Waals surface area contributed by atoms with Crippen LogP contribution in [0, 0.1) is 0 Å². The lowest BCUT2D eigenvalue weighted by molar-refractivity contribution is 0.0735. The zero-order valence-corrected chi connectivity index (χ0v) is 16.2. The van der Waals surface area contributed by atoms with Gasteiger partial charge in [-0.25, -0.2) is 4.98 Å². The Morgan fingerprint density at radius 1 is 1.15 bits per heavy atom. The van der Waals surface area contributed by atoms with Gasteiger partial charge in [0.25, 0.3) is 5.91 Å². The molecule has 6 nitrogen and oxygen atoms in total. The van der Waals surface area contributed by atoms with Gasteiger partial charge < -0.3 is 14.2 Å². The lowest BCUT2D eigenvalue weighted by Gasteiger charge is -2.20. The van der Waals surface area contributed by atoms with E-state index in [1.165, 1.54) is 17.8 Å². The van der Waals surface area contributed by atoms with Gasteiger partial charge in [0.2, 0.25) is 5.13 Å². The van der Waals surface area contributed by atoms with E-state index in [0.29, 0.717) is 25.3 Å². The molecule has 27 heavy (non-hydrogen) atoms. The highest BCUT2D eigenvalue weighted by Crippen LogP contribution is 2.21. The van der Waals surface area contributed by atoms with Crippen LogP contribution in [0.25, 0.3) is 0 Å². The summed E-state index contributed by atoms with van der Waals surface area (Å²) in [6.07, 6.45) is 3.10. The Bertz CT molecular complexity index is 895. The summed E-state index contributed by atoms with van der Waals surface area (Å²) >= 11 is 7.34. The fourth-order valence-corrected chi connectivity index (χ4v) is 3.96. The van der Waals surface area contributed by atoms with Crippen LogP contribution in [0.2, 0.25) is 5.02 Å². The molecule has 140 valence electrons. The van der Waals surface area contributed by atoms with E-state index in [1.807, 2.05) is 29.2 Å². The van der Waals surface area contributed by atoms with E-state index in [-0.39, 0.29) is 5.91 Å². The summed E-state index contributed by atoms with van der Waals surface area (Å²) in [7, 11) is 0. The van der Waals surface area contributed by atoms with Gasteiger partial charge in [0.05, 0.1) is 6.26 Å². The predicted octanol–water partition coefficient (Wildman–Crippen LogP) is 3.73. The number of halogens is 1. The van der Waals surface area contributed by atoms with E-state index in [0.717, 1.165) is 41.1 Å². The molecule has 3 heterocycles. The van der Waals surface area contributed by atoms with Crippen LogP contribution >= 0.6 is 23.1 Å². The Labute approximate surface area is 166 Å². The first kappa shape index (κ1) is 18.0. The minimum Gasteiger partial charge on any atom is -0.459 e. The maximum atomic E-state index is 12.5. The Hall–Kier alpha value is -2.38. The SMILES string of the molecule is O=C(c1ccco1)N1CCCN(c2nc(Cc3ccc(Cl)cc3)ns2)CC1. The van der Waals surface area contributed by atoms with Crippen molar-refractivity contribution in [2.24, 2.45) is 0 Å². The highest BCUT2D eigenvalue weighted by molar-refractivity contribution is 7.09. The fraction of sp³-hybridized carbons (Fsp3) is 0.316. The molecule has 1 aliphatic heterocycles. The lowest BCUT2D eigenvalue weighted by atomic mass is 10.1. The molecule has 0 unspecified atom stereocenters. The van der Waals surface area contributed by atoms with E-state index in [4.69, 9.17) is 21.0 Å². The first-order valence-electron chi connectivity index (χ1n) is 8.84. The molecule has 1 fully saturated rings. The third kappa shape index (κ3) is 4.31. The Morgan fingerprint density at radius 3 is 2.78 bits per heavy atom. The topological polar surface area (TPSA) is 62.5 Å². The fourth-order valence-electron chi connectivity index (χ4n) is 3.10. The van der Waals surface area contributed by atoms with Gasteiger partial charge in [-0.3, -0.25) is 4.79 Å². The van der Waals surface area contributed by atoms with Crippen molar-refractivity contribution < 1.29 is 9.21 Å². The van der Waals surface area contributed by atoms with Crippen LogP contribution in [0.5, 0.6) is 0 Å². The molecule has 0 radical (unpaired) electrons. The van der Waals surface area contributed by atoms with Gasteiger partial charge in [0.1, 0.15) is 5.82 Å². The first-order chi connectivity index (χ1) is 13.2. The number of carbonyl (C=O) groups excluding carboxylic acids is 1. The highest BCUT2D eigenvalue weighted by Gasteiger charge is 2.23. The number of anilines is 1. The van der Waals surface area contributed by atoms with Crippen LogP contribution in [0.15, 0.2) is 47.1 Å². The summed E-state index contributed by atoms with van der Waals surface area (Å²) in [5.41, 5.74) is 1.13. The number of furan rings is 1. The number of rotatable bonds is 4. The maximum Gasteiger partial charge on any atom is 0.289 e. The smallest absolute Gasteiger partial charge is 0.289 e. The molecule has 1 saturated heterocycles. The van der Waals surface area contributed by atoms with Gasteiger partial charge in [0.15, 0.2) is 5.76 Å². The highest BCUT2D eigenvalue weighted by atomic mass is 35.5. The summed E-state index contributed by atoms with van der Waals surface area (Å²) in [5, 5.41) is 1.63. The summed E-state index contributed by atoms with van der Waals surface area (Å²) in [6, 6.07) is 11.2. The van der Waals surface area contributed by atoms with Crippen LogP contribution < -0.4 is 4.90 Å². The average molecular weight is 403 g/mol. The second-order valence-corrected chi connectivity index (χ2v) is 7.57. The van der Waals surface area contributed by atoms with E-state index < -0.39 is 0 Å². The van der Waals surface area contributed by atoms with Crippen molar-refractivity contribution in [1.29, 1.82) is 0 Å². The molecule has 1 aromatic carbocycles. The molecule has 1 aliphatic rings. The van der Waals surface area contributed by atoms with Crippen molar-refractivity contribution in [3.8, 4) is 0 Å². The zero-order valence-electron chi connectivity index (χ0n) is 14.7. The third-order valence-corrected chi connectivity index (χ3v) is 5.59. The summed E-state index contributed by atoms with van der Waals surface area (Å²) in [4.78, 5) is 21.2.